The maximum atomic E-state index is 14.1. The van der Waals surface area contributed by atoms with E-state index in [9.17, 15) is 4.79 Å². The van der Waals surface area contributed by atoms with Crippen LogP contribution in [0.5, 0.6) is 11.5 Å². The molecule has 43 heavy (non-hydrogen) atoms. The first-order chi connectivity index (χ1) is 20.9. The average molecular weight is 683 g/mol. The molecule has 0 spiro atoms. The van der Waals surface area contributed by atoms with Crippen molar-refractivity contribution < 1.29 is 14.3 Å². The SMILES string of the molecule is CCCCOc1ccc(Br)cc1C1C(C(=O)Nc2ccccc2OCC)=C(C)Nc2nc(SCc3ccccc3Cl)nn21. The number of carbonyl (C=O) groups excluding carboxylic acids is 1. The summed E-state index contributed by atoms with van der Waals surface area (Å²) >= 11 is 11.5. The number of benzene rings is 3. The molecule has 1 atom stereocenters. The van der Waals surface area contributed by atoms with E-state index < -0.39 is 6.04 Å². The first-order valence-corrected chi connectivity index (χ1v) is 16.3. The van der Waals surface area contributed by atoms with Crippen molar-refractivity contribution >= 4 is 56.8 Å². The number of carbonyl (C=O) groups is 1. The van der Waals surface area contributed by atoms with Gasteiger partial charge in [0.05, 0.1) is 24.5 Å². The molecule has 2 N–H and O–H groups in total. The molecule has 0 saturated heterocycles. The van der Waals surface area contributed by atoms with E-state index in [1.807, 2.05) is 80.6 Å². The van der Waals surface area contributed by atoms with Crippen LogP contribution >= 0.6 is 39.3 Å². The highest BCUT2D eigenvalue weighted by Crippen LogP contribution is 2.42. The second kappa shape index (κ2) is 14.3. The normalized spacial score (nSPS) is 14.2. The molecule has 1 unspecified atom stereocenters. The van der Waals surface area contributed by atoms with Gasteiger partial charge in [0, 0.05) is 26.5 Å². The van der Waals surface area contributed by atoms with Gasteiger partial charge in [-0.2, -0.15) is 4.98 Å². The maximum Gasteiger partial charge on any atom is 0.255 e. The highest BCUT2D eigenvalue weighted by atomic mass is 79.9. The number of halogens is 2. The lowest BCUT2D eigenvalue weighted by Crippen LogP contribution is -2.32. The highest BCUT2D eigenvalue weighted by molar-refractivity contribution is 9.10. The molecule has 0 aliphatic carbocycles. The number of unbranched alkanes of at least 4 members (excludes halogenated alkanes) is 1. The number of fused-ring (bicyclic) bond motifs is 1. The third-order valence-electron chi connectivity index (χ3n) is 6.85. The molecule has 4 aromatic rings. The van der Waals surface area contributed by atoms with Gasteiger partial charge in [0.25, 0.3) is 5.91 Å². The van der Waals surface area contributed by atoms with Gasteiger partial charge >= 0.3 is 0 Å². The number of nitrogens with one attached hydrogen (secondary N) is 2. The summed E-state index contributed by atoms with van der Waals surface area (Å²) in [5, 5.41) is 12.5. The zero-order chi connectivity index (χ0) is 30.3. The van der Waals surface area contributed by atoms with E-state index in [0.29, 0.717) is 63.6 Å². The van der Waals surface area contributed by atoms with Crippen LogP contribution in [0.1, 0.15) is 50.8 Å². The monoisotopic (exact) mass is 681 g/mol. The van der Waals surface area contributed by atoms with E-state index in [-0.39, 0.29) is 5.91 Å². The number of para-hydroxylation sites is 2. The number of hydrogen-bond acceptors (Lipinski definition) is 7. The summed E-state index contributed by atoms with van der Waals surface area (Å²) in [7, 11) is 0. The fourth-order valence-corrected chi connectivity index (χ4v) is 6.26. The lowest BCUT2D eigenvalue weighted by molar-refractivity contribution is -0.113. The van der Waals surface area contributed by atoms with E-state index in [1.54, 1.807) is 4.68 Å². The largest absolute Gasteiger partial charge is 0.493 e. The molecular weight excluding hydrogens is 650 g/mol. The minimum absolute atomic E-state index is 0.284. The fraction of sp³-hybridized carbons (Fsp3) is 0.281. The number of allylic oxidation sites excluding steroid dienone is 1. The molecule has 2 heterocycles. The Morgan fingerprint density at radius 2 is 1.88 bits per heavy atom. The van der Waals surface area contributed by atoms with E-state index in [4.69, 9.17) is 31.2 Å². The molecule has 1 amide bonds. The summed E-state index contributed by atoms with van der Waals surface area (Å²) in [5.74, 6) is 2.14. The fourth-order valence-electron chi connectivity index (χ4n) is 4.76. The van der Waals surface area contributed by atoms with Crippen molar-refractivity contribution in [3.8, 4) is 11.5 Å². The third kappa shape index (κ3) is 7.20. The number of aromatic nitrogens is 3. The molecule has 224 valence electrons. The van der Waals surface area contributed by atoms with Crippen LogP contribution in [0.15, 0.2) is 87.6 Å². The van der Waals surface area contributed by atoms with Crippen molar-refractivity contribution in [2.75, 3.05) is 23.8 Å². The zero-order valence-electron chi connectivity index (χ0n) is 24.2. The quantitative estimate of drug-likeness (QED) is 0.114. The Morgan fingerprint density at radius 1 is 1.09 bits per heavy atom. The lowest BCUT2D eigenvalue weighted by atomic mass is 9.94. The molecule has 0 saturated carbocycles. The topological polar surface area (TPSA) is 90.3 Å². The average Bonchev–Trinajstić information content (AvgIpc) is 3.40. The van der Waals surface area contributed by atoms with Crippen LogP contribution in [0.3, 0.4) is 0 Å². The number of nitrogens with zero attached hydrogens (tertiary/aromatic N) is 3. The summed E-state index contributed by atoms with van der Waals surface area (Å²) in [4.78, 5) is 18.9. The maximum absolute atomic E-state index is 14.1. The standard InChI is InChI=1S/C32H33BrClN5O3S/c1-4-6-17-42-26-16-15-22(33)18-23(26)29-28(30(40)36-25-13-9-10-14-27(25)41-5-2)20(3)35-31-37-32(38-39(29)31)43-19-21-11-7-8-12-24(21)34/h7-16,18,29H,4-6,17,19H2,1-3H3,(H,36,40)(H,35,37,38). The van der Waals surface area contributed by atoms with E-state index in [2.05, 4.69) is 33.5 Å². The number of thioether (sulfide) groups is 1. The van der Waals surface area contributed by atoms with Gasteiger partial charge in [-0.3, -0.25) is 4.79 Å². The Bertz CT molecular complexity index is 1640. The molecule has 1 aliphatic rings. The van der Waals surface area contributed by atoms with Gasteiger partial charge in [-0.05, 0) is 62.2 Å². The summed E-state index contributed by atoms with van der Waals surface area (Å²) < 4.78 is 14.7. The summed E-state index contributed by atoms with van der Waals surface area (Å²) in [5.41, 5.74) is 3.53. The van der Waals surface area contributed by atoms with E-state index in [0.717, 1.165) is 28.4 Å². The number of ether oxygens (including phenoxy) is 2. The van der Waals surface area contributed by atoms with Crippen molar-refractivity contribution in [1.29, 1.82) is 0 Å². The Morgan fingerprint density at radius 3 is 2.67 bits per heavy atom. The first-order valence-electron chi connectivity index (χ1n) is 14.2. The summed E-state index contributed by atoms with van der Waals surface area (Å²) in [6.07, 6.45) is 1.92. The molecule has 1 aromatic heterocycles. The predicted molar refractivity (Wildman–Crippen MR) is 176 cm³/mol. The predicted octanol–water partition coefficient (Wildman–Crippen LogP) is 8.49. The van der Waals surface area contributed by atoms with Gasteiger partial charge in [0.1, 0.15) is 17.5 Å². The Hall–Kier alpha value is -3.47. The smallest absolute Gasteiger partial charge is 0.255 e. The van der Waals surface area contributed by atoms with Gasteiger partial charge in [-0.15, -0.1) is 5.10 Å². The number of hydrogen-bond donors (Lipinski definition) is 2. The number of amides is 1. The van der Waals surface area contributed by atoms with Crippen LogP contribution in [-0.4, -0.2) is 33.9 Å². The molecule has 1 aliphatic heterocycles. The van der Waals surface area contributed by atoms with Gasteiger partial charge in [-0.25, -0.2) is 4.68 Å². The molecule has 11 heteroatoms. The van der Waals surface area contributed by atoms with Crippen LogP contribution in [0, 0.1) is 0 Å². The molecule has 3 aromatic carbocycles. The van der Waals surface area contributed by atoms with Crippen LogP contribution in [0.2, 0.25) is 5.02 Å². The van der Waals surface area contributed by atoms with E-state index >= 15 is 0 Å². The van der Waals surface area contributed by atoms with Gasteiger partial charge in [-0.1, -0.05) is 83.0 Å². The third-order valence-corrected chi connectivity index (χ3v) is 8.60. The van der Waals surface area contributed by atoms with Crippen LogP contribution in [0.25, 0.3) is 0 Å². The second-order valence-corrected chi connectivity index (χ2v) is 12.1. The highest BCUT2D eigenvalue weighted by Gasteiger charge is 2.36. The summed E-state index contributed by atoms with van der Waals surface area (Å²) in [6, 6.07) is 20.4. The van der Waals surface area contributed by atoms with Gasteiger partial charge < -0.3 is 20.1 Å². The molecular formula is C32H33BrClN5O3S. The van der Waals surface area contributed by atoms with Crippen LogP contribution in [0.4, 0.5) is 11.6 Å². The van der Waals surface area contributed by atoms with Crippen molar-refractivity contribution in [2.45, 2.75) is 50.6 Å². The Labute approximate surface area is 269 Å². The minimum Gasteiger partial charge on any atom is -0.493 e. The molecule has 0 fully saturated rings. The zero-order valence-corrected chi connectivity index (χ0v) is 27.4. The Balaban J connectivity index is 1.55. The minimum atomic E-state index is -0.619. The van der Waals surface area contributed by atoms with Crippen molar-refractivity contribution in [2.24, 2.45) is 0 Å². The number of anilines is 2. The molecule has 8 nitrogen and oxygen atoms in total. The van der Waals surface area contributed by atoms with Gasteiger partial charge in [0.15, 0.2) is 0 Å². The van der Waals surface area contributed by atoms with Gasteiger partial charge in [0.2, 0.25) is 11.1 Å². The van der Waals surface area contributed by atoms with Crippen LogP contribution < -0.4 is 20.1 Å². The van der Waals surface area contributed by atoms with Crippen molar-refractivity contribution in [3.05, 3.63) is 98.6 Å². The second-order valence-electron chi connectivity index (χ2n) is 9.88. The van der Waals surface area contributed by atoms with Crippen molar-refractivity contribution in [3.63, 3.8) is 0 Å². The molecule has 0 radical (unpaired) electrons. The van der Waals surface area contributed by atoms with Crippen LogP contribution in [-0.2, 0) is 10.5 Å². The van der Waals surface area contributed by atoms with Crippen molar-refractivity contribution in [1.82, 2.24) is 14.8 Å². The Kier molecular flexibility index (Phi) is 10.3. The summed E-state index contributed by atoms with van der Waals surface area (Å²) in [6.45, 7) is 6.95. The first kappa shape index (κ1) is 31.0. The lowest BCUT2D eigenvalue weighted by Gasteiger charge is -2.30. The number of rotatable bonds is 12. The molecule has 0 bridgehead atoms. The molecule has 5 rings (SSSR count). The van der Waals surface area contributed by atoms with E-state index in [1.165, 1.54) is 11.8 Å².